The van der Waals surface area contributed by atoms with Crippen molar-refractivity contribution in [2.75, 3.05) is 0 Å². The molecule has 0 radical (unpaired) electrons. The summed E-state index contributed by atoms with van der Waals surface area (Å²) in [5, 5.41) is 6.50. The standard InChI is InChI=1S/C38H45BN2O4/c1-37(2)30-23-32(37)38(3)33(24-30)44-39(45-38)34(21-26-14-8-5-9-15-26)41-36(43)31(20-25-12-6-4-7-13-25)40-35(42)29-19-18-27-16-10-11-17-28(27)22-29/h4-17,29-34H,18-24H2,1-3H3,(H,40,42)(H,41,43)/t29?,30-,31-,32-,33+,34-,38-/m0/s1. The zero-order valence-electron chi connectivity index (χ0n) is 26.7. The molecule has 8 rings (SSSR count). The normalized spacial score (nSPS) is 29.0. The van der Waals surface area contributed by atoms with Gasteiger partial charge >= 0.3 is 7.12 Å². The third-order valence-corrected chi connectivity index (χ3v) is 11.6. The molecule has 2 amide bonds. The number of amides is 2. The molecule has 45 heavy (non-hydrogen) atoms. The molecule has 5 aliphatic rings. The van der Waals surface area contributed by atoms with Crippen molar-refractivity contribution in [3.63, 3.8) is 0 Å². The summed E-state index contributed by atoms with van der Waals surface area (Å²) in [5.74, 6) is 0.236. The van der Waals surface area contributed by atoms with E-state index in [0.717, 1.165) is 30.4 Å². The lowest BCUT2D eigenvalue weighted by atomic mass is 9.43. The van der Waals surface area contributed by atoms with E-state index in [1.165, 1.54) is 17.5 Å². The molecule has 6 nitrogen and oxygen atoms in total. The first kappa shape index (κ1) is 30.3. The number of hydrogen-bond donors (Lipinski definition) is 2. The van der Waals surface area contributed by atoms with Crippen LogP contribution in [0.2, 0.25) is 0 Å². The number of carbonyl (C=O) groups is 2. The molecule has 3 saturated carbocycles. The lowest BCUT2D eigenvalue weighted by Gasteiger charge is -2.64. The van der Waals surface area contributed by atoms with Crippen LogP contribution in [-0.4, -0.2) is 42.6 Å². The van der Waals surface area contributed by atoms with Gasteiger partial charge in [0.15, 0.2) is 0 Å². The van der Waals surface area contributed by atoms with Crippen LogP contribution in [0, 0.1) is 23.2 Å². The number of hydrogen-bond acceptors (Lipinski definition) is 4. The largest absolute Gasteiger partial charge is 0.482 e. The van der Waals surface area contributed by atoms with Crippen LogP contribution in [0.5, 0.6) is 0 Å². The van der Waals surface area contributed by atoms with Crippen LogP contribution in [0.3, 0.4) is 0 Å². The Labute approximate surface area is 267 Å². The van der Waals surface area contributed by atoms with Crippen molar-refractivity contribution in [2.45, 2.75) is 89.4 Å². The van der Waals surface area contributed by atoms with Gasteiger partial charge in [-0.2, -0.15) is 0 Å². The second kappa shape index (κ2) is 12.1. The molecule has 7 heteroatoms. The summed E-state index contributed by atoms with van der Waals surface area (Å²) in [6.07, 6.45) is 5.50. The highest BCUT2D eigenvalue weighted by Gasteiger charge is 2.68. The van der Waals surface area contributed by atoms with Gasteiger partial charge in [-0.15, -0.1) is 0 Å². The summed E-state index contributed by atoms with van der Waals surface area (Å²) in [5.41, 5.74) is 4.49. The number of benzene rings is 3. The molecule has 2 N–H and O–H groups in total. The Hall–Kier alpha value is -3.42. The van der Waals surface area contributed by atoms with Crippen LogP contribution >= 0.6 is 0 Å². The molecule has 4 fully saturated rings. The van der Waals surface area contributed by atoms with Crippen LogP contribution in [0.25, 0.3) is 0 Å². The van der Waals surface area contributed by atoms with Crippen molar-refractivity contribution in [1.82, 2.24) is 10.6 Å². The molecule has 0 spiro atoms. The molecule has 3 aromatic carbocycles. The smallest absolute Gasteiger partial charge is 0.404 e. The Morgan fingerprint density at radius 3 is 2.18 bits per heavy atom. The first-order chi connectivity index (χ1) is 21.7. The Morgan fingerprint density at radius 1 is 0.844 bits per heavy atom. The molecule has 1 heterocycles. The Kier molecular flexibility index (Phi) is 8.11. The van der Waals surface area contributed by atoms with E-state index in [-0.39, 0.29) is 34.9 Å². The van der Waals surface area contributed by atoms with E-state index in [0.29, 0.717) is 31.1 Å². The zero-order chi connectivity index (χ0) is 31.2. The fourth-order valence-electron chi connectivity index (χ4n) is 8.71. The molecule has 2 bridgehead atoms. The average molecular weight is 605 g/mol. The van der Waals surface area contributed by atoms with Gasteiger partial charge in [0, 0.05) is 12.3 Å². The topological polar surface area (TPSA) is 76.7 Å². The monoisotopic (exact) mass is 604 g/mol. The second-order valence-corrected chi connectivity index (χ2v) is 14.6. The lowest BCUT2D eigenvalue weighted by Crippen LogP contribution is -2.65. The van der Waals surface area contributed by atoms with Crippen LogP contribution in [0.1, 0.15) is 62.3 Å². The van der Waals surface area contributed by atoms with Gasteiger partial charge in [0.2, 0.25) is 11.8 Å². The van der Waals surface area contributed by atoms with Crippen molar-refractivity contribution in [1.29, 1.82) is 0 Å². The summed E-state index contributed by atoms with van der Waals surface area (Å²) in [6, 6.07) is 27.7. The van der Waals surface area contributed by atoms with Crippen LogP contribution < -0.4 is 10.6 Å². The predicted octanol–water partition coefficient (Wildman–Crippen LogP) is 5.51. The number of aryl methyl sites for hydroxylation is 1. The van der Waals surface area contributed by atoms with E-state index >= 15 is 0 Å². The summed E-state index contributed by atoms with van der Waals surface area (Å²) in [6.45, 7) is 6.92. The van der Waals surface area contributed by atoms with Gasteiger partial charge in [-0.3, -0.25) is 9.59 Å². The lowest BCUT2D eigenvalue weighted by molar-refractivity contribution is -0.199. The molecule has 0 aromatic heterocycles. The van der Waals surface area contributed by atoms with E-state index in [4.69, 9.17) is 9.31 Å². The van der Waals surface area contributed by atoms with E-state index in [9.17, 15) is 9.59 Å². The Bertz CT molecular complexity index is 1530. The molecule has 1 unspecified atom stereocenters. The summed E-state index contributed by atoms with van der Waals surface area (Å²) in [7, 11) is -0.567. The number of carbonyl (C=O) groups excluding carboxylic acids is 2. The van der Waals surface area contributed by atoms with Crippen molar-refractivity contribution in [2.24, 2.45) is 23.2 Å². The van der Waals surface area contributed by atoms with Gasteiger partial charge in [-0.25, -0.2) is 0 Å². The van der Waals surface area contributed by atoms with E-state index in [2.05, 4.69) is 61.7 Å². The maximum atomic E-state index is 14.3. The summed E-state index contributed by atoms with van der Waals surface area (Å²) in [4.78, 5) is 28.0. The number of fused-ring (bicyclic) bond motifs is 1. The van der Waals surface area contributed by atoms with Crippen molar-refractivity contribution >= 4 is 18.9 Å². The first-order valence-corrected chi connectivity index (χ1v) is 16.8. The highest BCUT2D eigenvalue weighted by atomic mass is 16.7. The third-order valence-electron chi connectivity index (χ3n) is 11.6. The van der Waals surface area contributed by atoms with Crippen molar-refractivity contribution in [3.05, 3.63) is 107 Å². The molecule has 234 valence electrons. The first-order valence-electron chi connectivity index (χ1n) is 16.8. The minimum Gasteiger partial charge on any atom is -0.404 e. The fraction of sp³-hybridized carbons (Fsp3) is 0.474. The number of rotatable bonds is 9. The minimum absolute atomic E-state index is 0.0171. The Balaban J connectivity index is 1.11. The highest BCUT2D eigenvalue weighted by Crippen LogP contribution is 2.65. The molecule has 3 aromatic rings. The maximum Gasteiger partial charge on any atom is 0.482 e. The number of nitrogens with one attached hydrogen (secondary N) is 2. The van der Waals surface area contributed by atoms with Crippen molar-refractivity contribution in [3.8, 4) is 0 Å². The second-order valence-electron chi connectivity index (χ2n) is 14.6. The molecule has 4 aliphatic carbocycles. The summed E-state index contributed by atoms with van der Waals surface area (Å²) >= 11 is 0. The molecular formula is C38H45BN2O4. The van der Waals surface area contributed by atoms with E-state index < -0.39 is 19.1 Å². The van der Waals surface area contributed by atoms with Gasteiger partial charge in [-0.1, -0.05) is 98.8 Å². The quantitative estimate of drug-likeness (QED) is 0.316. The zero-order valence-corrected chi connectivity index (χ0v) is 26.7. The SMILES string of the molecule is CC1(C)[C@@H]2C[C@H]3OB([C@H](Cc4ccccc4)NC(=O)[C@H](Cc4ccccc4)NC(=O)C4CCc5ccccc5C4)O[C@@]3(C)[C@H]1C2. The van der Waals surface area contributed by atoms with Gasteiger partial charge in [0.25, 0.3) is 0 Å². The maximum absolute atomic E-state index is 14.3. The predicted molar refractivity (Wildman–Crippen MR) is 176 cm³/mol. The average Bonchev–Trinajstić information content (AvgIpc) is 3.42. The van der Waals surface area contributed by atoms with Gasteiger partial charge in [-0.05, 0) is 85.0 Å². The Morgan fingerprint density at radius 2 is 1.49 bits per heavy atom. The van der Waals surface area contributed by atoms with Crippen LogP contribution in [-0.2, 0) is 44.6 Å². The fourth-order valence-corrected chi connectivity index (χ4v) is 8.71. The van der Waals surface area contributed by atoms with Gasteiger partial charge < -0.3 is 19.9 Å². The summed E-state index contributed by atoms with van der Waals surface area (Å²) < 4.78 is 13.5. The molecule has 1 saturated heterocycles. The highest BCUT2D eigenvalue weighted by molar-refractivity contribution is 6.48. The van der Waals surface area contributed by atoms with Gasteiger partial charge in [0.1, 0.15) is 6.04 Å². The molecule has 1 aliphatic heterocycles. The van der Waals surface area contributed by atoms with Crippen molar-refractivity contribution < 1.29 is 18.9 Å². The van der Waals surface area contributed by atoms with Crippen LogP contribution in [0.15, 0.2) is 84.9 Å². The third kappa shape index (κ3) is 5.86. The molecule has 7 atom stereocenters. The van der Waals surface area contributed by atoms with E-state index in [1.807, 2.05) is 54.6 Å². The van der Waals surface area contributed by atoms with Gasteiger partial charge in [0.05, 0.1) is 17.6 Å². The molecular weight excluding hydrogens is 559 g/mol. The van der Waals surface area contributed by atoms with Crippen LogP contribution in [0.4, 0.5) is 0 Å². The minimum atomic E-state index is -0.721. The van der Waals surface area contributed by atoms with E-state index in [1.54, 1.807) is 0 Å².